The van der Waals surface area contributed by atoms with E-state index < -0.39 is 11.4 Å². The number of primary amides is 1. The highest BCUT2D eigenvalue weighted by atomic mass is 32.2. The van der Waals surface area contributed by atoms with Crippen LogP contribution in [0.3, 0.4) is 0 Å². The average Bonchev–Trinajstić information content (AvgIpc) is 3.24. The van der Waals surface area contributed by atoms with E-state index in [9.17, 15) is 9.59 Å². The lowest BCUT2D eigenvalue weighted by Gasteiger charge is -2.24. The Morgan fingerprint density at radius 3 is 2.68 bits per heavy atom. The standard InChI is InChI=1S/C11H17N5O2S/c12-8(17)11(13,6-1-2-6)5-19-10-15-14-9(18)16(10)7-3-4-7/h6-7H,1-5,13H2,(H2,12,17)(H,14,18). The molecule has 2 aliphatic rings. The van der Waals surface area contributed by atoms with E-state index in [-0.39, 0.29) is 17.6 Å². The van der Waals surface area contributed by atoms with E-state index in [0.29, 0.717) is 10.9 Å². The van der Waals surface area contributed by atoms with Crippen LogP contribution in [0.1, 0.15) is 31.7 Å². The van der Waals surface area contributed by atoms with Crippen molar-refractivity contribution in [2.45, 2.75) is 42.4 Å². The molecule has 2 aliphatic carbocycles. The zero-order chi connectivity index (χ0) is 13.6. The molecule has 1 heterocycles. The van der Waals surface area contributed by atoms with E-state index in [1.54, 1.807) is 4.57 Å². The minimum absolute atomic E-state index is 0.164. The van der Waals surface area contributed by atoms with Crippen molar-refractivity contribution in [2.24, 2.45) is 17.4 Å². The summed E-state index contributed by atoms with van der Waals surface area (Å²) in [6, 6.07) is 0.246. The van der Waals surface area contributed by atoms with Crippen LogP contribution < -0.4 is 17.2 Å². The minimum Gasteiger partial charge on any atom is -0.368 e. The molecule has 7 nitrogen and oxygen atoms in total. The minimum atomic E-state index is -0.992. The Morgan fingerprint density at radius 1 is 1.47 bits per heavy atom. The van der Waals surface area contributed by atoms with Crippen molar-refractivity contribution in [1.82, 2.24) is 14.8 Å². The van der Waals surface area contributed by atoms with Crippen LogP contribution in [0.25, 0.3) is 0 Å². The zero-order valence-electron chi connectivity index (χ0n) is 10.5. The number of carbonyl (C=O) groups excluding carboxylic acids is 1. The lowest BCUT2D eigenvalue weighted by atomic mass is 9.96. The van der Waals surface area contributed by atoms with Crippen LogP contribution in [-0.4, -0.2) is 32.0 Å². The van der Waals surface area contributed by atoms with Crippen LogP contribution in [-0.2, 0) is 4.79 Å². The van der Waals surface area contributed by atoms with Gasteiger partial charge in [0.25, 0.3) is 0 Å². The van der Waals surface area contributed by atoms with Crippen LogP contribution in [0.2, 0.25) is 0 Å². The third-order valence-electron chi connectivity index (χ3n) is 3.79. The van der Waals surface area contributed by atoms with E-state index in [1.165, 1.54) is 11.8 Å². The van der Waals surface area contributed by atoms with Gasteiger partial charge in [0.15, 0.2) is 5.16 Å². The van der Waals surface area contributed by atoms with E-state index >= 15 is 0 Å². The lowest BCUT2D eigenvalue weighted by Crippen LogP contribution is -2.56. The Morgan fingerprint density at radius 2 is 2.16 bits per heavy atom. The maximum absolute atomic E-state index is 11.6. The zero-order valence-corrected chi connectivity index (χ0v) is 11.3. The van der Waals surface area contributed by atoms with Crippen LogP contribution in [0.4, 0.5) is 0 Å². The smallest absolute Gasteiger partial charge is 0.344 e. The van der Waals surface area contributed by atoms with Crippen LogP contribution in [0.15, 0.2) is 9.95 Å². The molecular formula is C11H17N5O2S. The predicted octanol–water partition coefficient (Wildman–Crippen LogP) is -0.409. The Hall–Kier alpha value is -1.28. The number of hydrogen-bond donors (Lipinski definition) is 3. The molecule has 0 spiro atoms. The number of hydrogen-bond acceptors (Lipinski definition) is 5. The number of nitrogens with one attached hydrogen (secondary N) is 1. The van der Waals surface area contributed by atoms with Gasteiger partial charge in [-0.15, -0.1) is 5.10 Å². The molecule has 3 rings (SSSR count). The van der Waals surface area contributed by atoms with E-state index in [2.05, 4.69) is 10.2 Å². The van der Waals surface area contributed by atoms with Crippen molar-refractivity contribution in [3.05, 3.63) is 10.5 Å². The molecule has 2 fully saturated rings. The number of nitrogens with two attached hydrogens (primary N) is 2. The van der Waals surface area contributed by atoms with E-state index in [0.717, 1.165) is 25.7 Å². The third kappa shape index (κ3) is 2.30. The van der Waals surface area contributed by atoms with Crippen molar-refractivity contribution in [3.63, 3.8) is 0 Å². The summed E-state index contributed by atoms with van der Waals surface area (Å²) >= 11 is 1.33. The number of H-pyrrole nitrogens is 1. The predicted molar refractivity (Wildman–Crippen MR) is 70.7 cm³/mol. The first-order chi connectivity index (χ1) is 9.02. The van der Waals surface area contributed by atoms with Crippen molar-refractivity contribution in [1.29, 1.82) is 0 Å². The number of nitrogens with zero attached hydrogens (tertiary/aromatic N) is 2. The highest BCUT2D eigenvalue weighted by Crippen LogP contribution is 2.41. The van der Waals surface area contributed by atoms with Gasteiger partial charge in [-0.1, -0.05) is 11.8 Å². The second kappa shape index (κ2) is 4.38. The molecule has 0 radical (unpaired) electrons. The van der Waals surface area contributed by atoms with Gasteiger partial charge in [0.05, 0.1) is 0 Å². The Labute approximate surface area is 114 Å². The second-order valence-electron chi connectivity index (χ2n) is 5.38. The van der Waals surface area contributed by atoms with Gasteiger partial charge in [0.2, 0.25) is 5.91 Å². The quantitative estimate of drug-likeness (QED) is 0.613. The summed E-state index contributed by atoms with van der Waals surface area (Å²) in [7, 11) is 0. The van der Waals surface area contributed by atoms with Gasteiger partial charge in [-0.25, -0.2) is 9.89 Å². The summed E-state index contributed by atoms with van der Waals surface area (Å²) < 4.78 is 1.65. The van der Waals surface area contributed by atoms with Crippen LogP contribution in [0, 0.1) is 5.92 Å². The summed E-state index contributed by atoms with van der Waals surface area (Å²) in [5.74, 6) is 0.0557. The largest absolute Gasteiger partial charge is 0.368 e. The number of rotatable bonds is 6. The molecule has 0 aromatic carbocycles. The summed E-state index contributed by atoms with van der Waals surface area (Å²) in [6.07, 6.45) is 3.88. The highest BCUT2D eigenvalue weighted by Gasteiger charge is 2.47. The molecule has 0 aliphatic heterocycles. The monoisotopic (exact) mass is 283 g/mol. The summed E-state index contributed by atoms with van der Waals surface area (Å²) in [5.41, 5.74) is 10.4. The van der Waals surface area contributed by atoms with Crippen molar-refractivity contribution < 1.29 is 4.79 Å². The fourth-order valence-corrected chi connectivity index (χ4v) is 3.45. The molecule has 2 saturated carbocycles. The van der Waals surface area contributed by atoms with E-state index in [4.69, 9.17) is 11.5 Å². The second-order valence-corrected chi connectivity index (χ2v) is 6.32. The van der Waals surface area contributed by atoms with Gasteiger partial charge >= 0.3 is 5.69 Å². The summed E-state index contributed by atoms with van der Waals surface area (Å²) in [4.78, 5) is 23.2. The average molecular weight is 283 g/mol. The fourth-order valence-electron chi connectivity index (χ4n) is 2.22. The number of aromatic amines is 1. The van der Waals surface area contributed by atoms with Crippen LogP contribution in [0.5, 0.6) is 0 Å². The molecular weight excluding hydrogens is 266 g/mol. The molecule has 1 amide bonds. The van der Waals surface area contributed by atoms with Gasteiger partial charge in [-0.2, -0.15) is 0 Å². The summed E-state index contributed by atoms with van der Waals surface area (Å²) in [6.45, 7) is 0. The lowest BCUT2D eigenvalue weighted by molar-refractivity contribution is -0.123. The molecule has 1 aromatic rings. The number of aromatic nitrogens is 3. The Bertz CT molecular complexity index is 560. The van der Waals surface area contributed by atoms with E-state index in [1.807, 2.05) is 0 Å². The first-order valence-corrected chi connectivity index (χ1v) is 7.39. The maximum atomic E-state index is 11.6. The van der Waals surface area contributed by atoms with Crippen molar-refractivity contribution in [3.8, 4) is 0 Å². The number of amides is 1. The van der Waals surface area contributed by atoms with Gasteiger partial charge in [-0.05, 0) is 31.6 Å². The number of carbonyl (C=O) groups is 1. The SMILES string of the molecule is NC(=O)C(N)(CSc1n[nH]c(=O)n1C1CC1)C1CC1. The molecule has 104 valence electrons. The number of thioether (sulfide) groups is 1. The van der Waals surface area contributed by atoms with Crippen molar-refractivity contribution in [2.75, 3.05) is 5.75 Å². The van der Waals surface area contributed by atoms with Gasteiger partial charge in [-0.3, -0.25) is 9.36 Å². The third-order valence-corrected chi connectivity index (χ3v) is 4.96. The first-order valence-electron chi connectivity index (χ1n) is 6.41. The topological polar surface area (TPSA) is 120 Å². The Balaban J connectivity index is 1.75. The molecule has 0 bridgehead atoms. The fraction of sp³-hybridized carbons (Fsp3) is 0.727. The molecule has 5 N–H and O–H groups in total. The molecule has 1 atom stereocenters. The maximum Gasteiger partial charge on any atom is 0.344 e. The summed E-state index contributed by atoms with van der Waals surface area (Å²) in [5, 5.41) is 7.05. The normalized spacial score (nSPS) is 22.2. The highest BCUT2D eigenvalue weighted by molar-refractivity contribution is 7.99. The van der Waals surface area contributed by atoms with Gasteiger partial charge < -0.3 is 11.5 Å². The van der Waals surface area contributed by atoms with Gasteiger partial charge in [0, 0.05) is 11.8 Å². The molecule has 8 heteroatoms. The Kier molecular flexibility index (Phi) is 2.94. The van der Waals surface area contributed by atoms with Crippen LogP contribution >= 0.6 is 11.8 Å². The van der Waals surface area contributed by atoms with Crippen molar-refractivity contribution >= 4 is 17.7 Å². The molecule has 0 saturated heterocycles. The van der Waals surface area contributed by atoms with Gasteiger partial charge in [0.1, 0.15) is 5.54 Å². The molecule has 1 aromatic heterocycles. The molecule has 1 unspecified atom stereocenters. The molecule has 19 heavy (non-hydrogen) atoms. The first kappa shape index (κ1) is 12.7.